The first-order chi connectivity index (χ1) is 13.6. The van der Waals surface area contributed by atoms with Gasteiger partial charge in [-0.3, -0.25) is 24.0 Å². The monoisotopic (exact) mass is 422 g/mol. The molecule has 0 spiro atoms. The van der Waals surface area contributed by atoms with Gasteiger partial charge in [-0.25, -0.2) is 4.79 Å². The van der Waals surface area contributed by atoms with Crippen LogP contribution in [0.4, 0.5) is 0 Å². The number of carbonyl (C=O) groups is 2. The number of imide groups is 1. The van der Waals surface area contributed by atoms with Crippen molar-refractivity contribution >= 4 is 35.3 Å². The summed E-state index contributed by atoms with van der Waals surface area (Å²) in [6.07, 6.45) is 3.87. The van der Waals surface area contributed by atoms with Gasteiger partial charge in [0.25, 0.3) is 0 Å². The van der Waals surface area contributed by atoms with Gasteiger partial charge in [-0.2, -0.15) is 0 Å². The molecule has 4 rings (SSSR count). The highest BCUT2D eigenvalue weighted by Gasteiger charge is 2.31. The average molecular weight is 423 g/mol. The Kier molecular flexibility index (Phi) is 6.64. The van der Waals surface area contributed by atoms with Gasteiger partial charge in [0.05, 0.1) is 12.1 Å². The number of benzene rings is 1. The Hall–Kier alpha value is -2.32. The summed E-state index contributed by atoms with van der Waals surface area (Å²) >= 11 is 0. The number of rotatable bonds is 5. The molecule has 3 heterocycles. The van der Waals surface area contributed by atoms with Crippen LogP contribution in [-0.4, -0.2) is 40.6 Å². The van der Waals surface area contributed by atoms with E-state index in [0.717, 1.165) is 32.4 Å². The van der Waals surface area contributed by atoms with E-state index >= 15 is 0 Å². The van der Waals surface area contributed by atoms with E-state index in [1.165, 1.54) is 9.13 Å². The first kappa shape index (κ1) is 21.4. The number of hydrogen-bond donors (Lipinski definition) is 2. The molecule has 9 heteroatoms. The lowest BCUT2D eigenvalue weighted by molar-refractivity contribution is -0.135. The zero-order valence-electron chi connectivity index (χ0n) is 16.5. The van der Waals surface area contributed by atoms with Crippen LogP contribution in [0.25, 0.3) is 11.0 Å². The minimum Gasteiger partial charge on any atom is -0.491 e. The van der Waals surface area contributed by atoms with Crippen LogP contribution >= 0.6 is 12.4 Å². The van der Waals surface area contributed by atoms with Gasteiger partial charge >= 0.3 is 5.69 Å². The number of piperidine rings is 2. The molecule has 2 amide bonds. The normalized spacial score (nSPS) is 20.4. The molecule has 2 fully saturated rings. The highest BCUT2D eigenvalue weighted by molar-refractivity contribution is 6.00. The van der Waals surface area contributed by atoms with E-state index in [1.54, 1.807) is 7.05 Å². The number of aryl methyl sites for hydroxylation is 1. The molecule has 8 nitrogen and oxygen atoms in total. The molecule has 2 saturated heterocycles. The van der Waals surface area contributed by atoms with Crippen LogP contribution in [0.3, 0.4) is 0 Å². The Morgan fingerprint density at radius 1 is 1.14 bits per heavy atom. The molecule has 0 aliphatic carbocycles. The summed E-state index contributed by atoms with van der Waals surface area (Å²) in [4.78, 5) is 36.6. The molecule has 1 unspecified atom stereocenters. The molecule has 2 aliphatic rings. The summed E-state index contributed by atoms with van der Waals surface area (Å²) in [6, 6.07) is 4.84. The lowest BCUT2D eigenvalue weighted by Crippen LogP contribution is -2.44. The number of halogens is 1. The van der Waals surface area contributed by atoms with E-state index in [4.69, 9.17) is 4.74 Å². The van der Waals surface area contributed by atoms with E-state index in [0.29, 0.717) is 35.7 Å². The molecule has 2 aliphatic heterocycles. The van der Waals surface area contributed by atoms with Crippen molar-refractivity contribution in [3.05, 3.63) is 28.7 Å². The fourth-order valence-corrected chi connectivity index (χ4v) is 4.25. The van der Waals surface area contributed by atoms with Gasteiger partial charge in [0.2, 0.25) is 11.8 Å². The number of nitrogens with zero attached hydrogens (tertiary/aromatic N) is 2. The Morgan fingerprint density at radius 2 is 1.90 bits per heavy atom. The summed E-state index contributed by atoms with van der Waals surface area (Å²) in [5, 5.41) is 5.70. The fourth-order valence-electron chi connectivity index (χ4n) is 4.25. The average Bonchev–Trinajstić information content (AvgIpc) is 2.94. The Balaban J connectivity index is 0.00000240. The lowest BCUT2D eigenvalue weighted by Gasteiger charge is -2.22. The predicted octanol–water partition coefficient (Wildman–Crippen LogP) is 1.51. The van der Waals surface area contributed by atoms with Gasteiger partial charge in [0.1, 0.15) is 17.3 Å². The minimum atomic E-state index is -0.682. The van der Waals surface area contributed by atoms with E-state index < -0.39 is 11.9 Å². The number of aromatic nitrogens is 2. The molecular formula is C20H27ClN4O4. The van der Waals surface area contributed by atoms with Crippen molar-refractivity contribution in [1.29, 1.82) is 0 Å². The molecule has 1 aromatic heterocycles. The van der Waals surface area contributed by atoms with Crippen molar-refractivity contribution in [3.63, 3.8) is 0 Å². The summed E-state index contributed by atoms with van der Waals surface area (Å²) in [5.41, 5.74) is 1.06. The molecule has 0 radical (unpaired) electrons. The van der Waals surface area contributed by atoms with Crippen molar-refractivity contribution in [2.75, 3.05) is 19.7 Å². The number of hydrogen-bond acceptors (Lipinski definition) is 5. The summed E-state index contributed by atoms with van der Waals surface area (Å²) in [5.74, 6) is 0.592. The highest BCUT2D eigenvalue weighted by atomic mass is 35.5. The van der Waals surface area contributed by atoms with Crippen LogP contribution in [0.5, 0.6) is 5.75 Å². The summed E-state index contributed by atoms with van der Waals surface area (Å²) < 4.78 is 9.06. The maximum absolute atomic E-state index is 12.9. The van der Waals surface area contributed by atoms with Crippen LogP contribution in [0.15, 0.2) is 23.0 Å². The summed E-state index contributed by atoms with van der Waals surface area (Å²) in [6.45, 7) is 2.72. The van der Waals surface area contributed by atoms with Gasteiger partial charge in [0, 0.05) is 13.5 Å². The first-order valence-corrected chi connectivity index (χ1v) is 9.93. The van der Waals surface area contributed by atoms with Crippen molar-refractivity contribution < 1.29 is 14.3 Å². The van der Waals surface area contributed by atoms with Gasteiger partial charge in [-0.05, 0) is 56.8 Å². The summed E-state index contributed by atoms with van der Waals surface area (Å²) in [7, 11) is 1.69. The van der Waals surface area contributed by atoms with E-state index in [1.807, 2.05) is 18.2 Å². The fraction of sp³-hybridized carbons (Fsp3) is 0.550. The van der Waals surface area contributed by atoms with Gasteiger partial charge < -0.3 is 10.1 Å². The zero-order chi connectivity index (χ0) is 19.7. The lowest BCUT2D eigenvalue weighted by atomic mass is 9.95. The highest BCUT2D eigenvalue weighted by Crippen LogP contribution is 2.29. The number of imidazole rings is 1. The van der Waals surface area contributed by atoms with Crippen molar-refractivity contribution in [2.24, 2.45) is 13.0 Å². The van der Waals surface area contributed by atoms with Crippen molar-refractivity contribution in [2.45, 2.75) is 38.1 Å². The first-order valence-electron chi connectivity index (χ1n) is 9.93. The molecule has 158 valence electrons. The van der Waals surface area contributed by atoms with Gasteiger partial charge in [0.15, 0.2) is 0 Å². The third-order valence-electron chi connectivity index (χ3n) is 5.83. The number of amides is 2. The van der Waals surface area contributed by atoms with Crippen LogP contribution in [0.1, 0.15) is 38.1 Å². The number of ether oxygens (including phenoxy) is 1. The van der Waals surface area contributed by atoms with Crippen molar-refractivity contribution in [3.8, 4) is 5.75 Å². The molecule has 2 aromatic rings. The maximum atomic E-state index is 12.9. The van der Waals surface area contributed by atoms with E-state index in [9.17, 15) is 14.4 Å². The van der Waals surface area contributed by atoms with Crippen molar-refractivity contribution in [1.82, 2.24) is 19.8 Å². The second-order valence-corrected chi connectivity index (χ2v) is 7.63. The maximum Gasteiger partial charge on any atom is 0.329 e. The second kappa shape index (κ2) is 9.00. The molecule has 1 atom stereocenters. The Labute approximate surface area is 175 Å². The predicted molar refractivity (Wildman–Crippen MR) is 112 cm³/mol. The third kappa shape index (κ3) is 4.18. The topological polar surface area (TPSA) is 94.4 Å². The van der Waals surface area contributed by atoms with E-state index in [2.05, 4.69) is 10.6 Å². The molecule has 29 heavy (non-hydrogen) atoms. The van der Waals surface area contributed by atoms with Gasteiger partial charge in [-0.15, -0.1) is 12.4 Å². The van der Waals surface area contributed by atoms with Gasteiger partial charge in [-0.1, -0.05) is 6.07 Å². The van der Waals surface area contributed by atoms with Crippen LogP contribution < -0.4 is 21.1 Å². The Bertz CT molecular complexity index is 961. The third-order valence-corrected chi connectivity index (χ3v) is 5.83. The number of carbonyl (C=O) groups excluding carboxylic acids is 2. The number of nitrogens with one attached hydrogen (secondary N) is 2. The largest absolute Gasteiger partial charge is 0.491 e. The molecular weight excluding hydrogens is 396 g/mol. The Morgan fingerprint density at radius 3 is 2.62 bits per heavy atom. The number of fused-ring (bicyclic) bond motifs is 1. The second-order valence-electron chi connectivity index (χ2n) is 7.63. The molecule has 0 saturated carbocycles. The minimum absolute atomic E-state index is 0. The molecule has 0 bridgehead atoms. The molecule has 1 aromatic carbocycles. The van der Waals surface area contributed by atoms with Crippen LogP contribution in [0, 0.1) is 5.92 Å². The van der Waals surface area contributed by atoms with E-state index in [-0.39, 0.29) is 30.4 Å². The molecule has 2 N–H and O–H groups in total. The number of para-hydroxylation sites is 1. The zero-order valence-corrected chi connectivity index (χ0v) is 17.3. The standard InChI is InChI=1S/C20H26N4O4.ClH/c1-23-18-14(24(20(23)27)15-5-6-17(25)22-19(15)26)3-2-4-16(18)28-12-9-13-7-10-21-11-8-13;/h2-4,13,15,21H,5-12H2,1H3,(H,22,25,26);1H. The quantitative estimate of drug-likeness (QED) is 0.712. The SMILES string of the molecule is Cl.Cn1c(=O)n(C2CCC(=O)NC2=O)c2cccc(OCCC3CCNCC3)c21. The van der Waals surface area contributed by atoms with Crippen LogP contribution in [-0.2, 0) is 16.6 Å². The smallest absolute Gasteiger partial charge is 0.329 e. The van der Waals surface area contributed by atoms with Crippen LogP contribution in [0.2, 0.25) is 0 Å².